The Balaban J connectivity index is 1.84. The number of aliphatic hydroxyl groups excluding tert-OH is 2. The van der Waals surface area contributed by atoms with Crippen LogP contribution < -0.4 is 0 Å². The second-order valence-corrected chi connectivity index (χ2v) is 13.6. The number of hydrogen-bond acceptors (Lipinski definition) is 6. The van der Waals surface area contributed by atoms with E-state index < -0.39 is 0 Å². The first-order valence-corrected chi connectivity index (χ1v) is 14.0. The molecular formula is C19H36O2S4. The average Bonchev–Trinajstić information content (AvgIpc) is 2.64. The van der Waals surface area contributed by atoms with Crippen LogP contribution in [0.15, 0.2) is 0 Å². The zero-order valence-corrected chi connectivity index (χ0v) is 18.8. The Kier molecular flexibility index (Phi) is 11.5. The van der Waals surface area contributed by atoms with Gasteiger partial charge in [0.2, 0.25) is 0 Å². The summed E-state index contributed by atoms with van der Waals surface area (Å²) in [6, 6.07) is 0. The topological polar surface area (TPSA) is 40.5 Å². The lowest BCUT2D eigenvalue weighted by atomic mass is 10.0. The van der Waals surface area contributed by atoms with E-state index in [1.54, 1.807) is 0 Å². The van der Waals surface area contributed by atoms with Crippen molar-refractivity contribution in [3.63, 3.8) is 0 Å². The first-order chi connectivity index (χ1) is 12.2. The number of aliphatic hydroxyl groups is 2. The van der Waals surface area contributed by atoms with Gasteiger partial charge >= 0.3 is 0 Å². The Morgan fingerprint density at radius 3 is 1.24 bits per heavy atom. The van der Waals surface area contributed by atoms with E-state index in [1.807, 2.05) is 0 Å². The van der Waals surface area contributed by atoms with Crippen LogP contribution in [0.5, 0.6) is 0 Å². The Bertz CT molecular complexity index is 310. The number of rotatable bonds is 12. The molecule has 0 aromatic rings. The molecule has 0 aliphatic carbocycles. The zero-order chi connectivity index (χ0) is 17.8. The minimum atomic E-state index is 0.340. The fraction of sp³-hybridized carbons (Fsp3) is 1.00. The average molecular weight is 425 g/mol. The summed E-state index contributed by atoms with van der Waals surface area (Å²) in [4.78, 5) is 0. The van der Waals surface area contributed by atoms with Gasteiger partial charge < -0.3 is 10.2 Å². The molecule has 0 radical (unpaired) electrons. The van der Waals surface area contributed by atoms with Gasteiger partial charge in [0.25, 0.3) is 0 Å². The van der Waals surface area contributed by atoms with E-state index in [9.17, 15) is 0 Å². The molecule has 2 saturated heterocycles. The van der Waals surface area contributed by atoms with Crippen LogP contribution in [0, 0.1) is 0 Å². The summed E-state index contributed by atoms with van der Waals surface area (Å²) in [5.41, 5.74) is 0. The number of unbranched alkanes of at least 4 members (excludes halogenated alkanes) is 2. The SMILES string of the molecule is OCCCCC1(CCCC2(CCCCO)SCCCS2)SCCCS1. The first-order valence-electron chi connectivity index (χ1n) is 10.0. The third-order valence-electron chi connectivity index (χ3n) is 5.08. The molecule has 2 rings (SSSR count). The van der Waals surface area contributed by atoms with E-state index in [0.29, 0.717) is 21.4 Å². The summed E-state index contributed by atoms with van der Waals surface area (Å²) < 4.78 is 0.841. The van der Waals surface area contributed by atoms with Gasteiger partial charge in [-0.3, -0.25) is 0 Å². The molecule has 2 N–H and O–H groups in total. The van der Waals surface area contributed by atoms with Gasteiger partial charge in [-0.2, -0.15) is 0 Å². The third-order valence-corrected chi connectivity index (χ3v) is 12.2. The predicted octanol–water partition coefficient (Wildman–Crippen LogP) is 5.61. The molecule has 0 spiro atoms. The summed E-state index contributed by atoms with van der Waals surface area (Å²) in [6.07, 6.45) is 13.5. The molecule has 0 saturated carbocycles. The molecule has 0 bridgehead atoms. The van der Waals surface area contributed by atoms with Gasteiger partial charge in [0.15, 0.2) is 0 Å². The molecule has 0 aromatic carbocycles. The smallest absolute Gasteiger partial charge is 0.0611 e. The third kappa shape index (κ3) is 8.06. The maximum Gasteiger partial charge on any atom is 0.0611 e. The number of thioether (sulfide) groups is 4. The van der Waals surface area contributed by atoms with Crippen molar-refractivity contribution in [1.82, 2.24) is 0 Å². The molecule has 2 fully saturated rings. The van der Waals surface area contributed by atoms with Gasteiger partial charge in [0.1, 0.15) is 0 Å². The highest BCUT2D eigenvalue weighted by molar-refractivity contribution is 8.19. The quantitative estimate of drug-likeness (QED) is 0.397. The van der Waals surface area contributed by atoms with Gasteiger partial charge in [-0.15, -0.1) is 47.0 Å². The maximum absolute atomic E-state index is 9.13. The first kappa shape index (κ1) is 22.6. The normalized spacial score (nSPS) is 22.8. The molecule has 2 aliphatic rings. The Morgan fingerprint density at radius 2 is 0.880 bits per heavy atom. The summed E-state index contributed by atoms with van der Waals surface area (Å²) in [6.45, 7) is 0.680. The van der Waals surface area contributed by atoms with Crippen molar-refractivity contribution >= 4 is 47.0 Å². The standard InChI is InChI=1S/C19H36O2S4/c20-12-3-1-8-18(22-14-6-15-23-18)10-5-11-19(9-2-4-13-21)24-16-7-17-25-19/h20-21H,1-17H2. The van der Waals surface area contributed by atoms with Crippen LogP contribution in [-0.4, -0.2) is 54.6 Å². The maximum atomic E-state index is 9.13. The molecule has 0 unspecified atom stereocenters. The van der Waals surface area contributed by atoms with Crippen LogP contribution >= 0.6 is 47.0 Å². The highest BCUT2D eigenvalue weighted by Crippen LogP contribution is 2.52. The molecule has 2 nitrogen and oxygen atoms in total. The summed E-state index contributed by atoms with van der Waals surface area (Å²) >= 11 is 8.81. The van der Waals surface area contributed by atoms with Crippen molar-refractivity contribution in [2.75, 3.05) is 36.2 Å². The van der Waals surface area contributed by atoms with Crippen molar-refractivity contribution in [3.8, 4) is 0 Å². The molecular weight excluding hydrogens is 388 g/mol. The van der Waals surface area contributed by atoms with Gasteiger partial charge in [-0.1, -0.05) is 0 Å². The largest absolute Gasteiger partial charge is 0.396 e. The minimum absolute atomic E-state index is 0.340. The van der Waals surface area contributed by atoms with Crippen LogP contribution in [0.3, 0.4) is 0 Å². The van der Waals surface area contributed by atoms with E-state index in [2.05, 4.69) is 47.0 Å². The van der Waals surface area contributed by atoms with Crippen molar-refractivity contribution in [1.29, 1.82) is 0 Å². The molecule has 0 aromatic heterocycles. The van der Waals surface area contributed by atoms with Crippen molar-refractivity contribution in [3.05, 3.63) is 0 Å². The Morgan fingerprint density at radius 1 is 0.520 bits per heavy atom. The molecule has 148 valence electrons. The molecule has 0 amide bonds. The Hall–Kier alpha value is 1.32. The summed E-state index contributed by atoms with van der Waals surface area (Å²) in [7, 11) is 0. The van der Waals surface area contributed by atoms with Gasteiger partial charge in [-0.25, -0.2) is 0 Å². The fourth-order valence-corrected chi connectivity index (χ4v) is 10.7. The van der Waals surface area contributed by atoms with E-state index in [-0.39, 0.29) is 0 Å². The van der Waals surface area contributed by atoms with Crippen molar-refractivity contribution in [2.24, 2.45) is 0 Å². The van der Waals surface area contributed by atoms with Crippen LogP contribution in [-0.2, 0) is 0 Å². The van der Waals surface area contributed by atoms with Gasteiger partial charge in [-0.05, 0) is 93.6 Å². The lowest BCUT2D eigenvalue weighted by molar-refractivity contribution is 0.281. The van der Waals surface area contributed by atoms with E-state index in [4.69, 9.17) is 10.2 Å². The summed E-state index contributed by atoms with van der Waals surface area (Å²) in [5, 5.41) is 18.3. The molecule has 6 heteroatoms. The Labute approximate surface area is 171 Å². The lowest BCUT2D eigenvalue weighted by Crippen LogP contribution is -2.29. The van der Waals surface area contributed by atoms with E-state index in [1.165, 1.54) is 80.8 Å². The molecule has 0 atom stereocenters. The fourth-order valence-electron chi connectivity index (χ4n) is 3.70. The van der Waals surface area contributed by atoms with Gasteiger partial charge in [0, 0.05) is 13.2 Å². The monoisotopic (exact) mass is 424 g/mol. The van der Waals surface area contributed by atoms with Crippen LogP contribution in [0.4, 0.5) is 0 Å². The van der Waals surface area contributed by atoms with E-state index >= 15 is 0 Å². The predicted molar refractivity (Wildman–Crippen MR) is 120 cm³/mol. The minimum Gasteiger partial charge on any atom is -0.396 e. The van der Waals surface area contributed by atoms with Crippen molar-refractivity contribution in [2.45, 2.75) is 78.8 Å². The zero-order valence-electron chi connectivity index (χ0n) is 15.5. The highest BCUT2D eigenvalue weighted by Gasteiger charge is 2.36. The second kappa shape index (κ2) is 12.7. The second-order valence-electron chi connectivity index (χ2n) is 7.14. The molecule has 2 aliphatic heterocycles. The van der Waals surface area contributed by atoms with Crippen LogP contribution in [0.25, 0.3) is 0 Å². The summed E-state index contributed by atoms with van der Waals surface area (Å²) in [5.74, 6) is 5.27. The van der Waals surface area contributed by atoms with E-state index in [0.717, 1.165) is 12.8 Å². The van der Waals surface area contributed by atoms with Crippen LogP contribution in [0.2, 0.25) is 0 Å². The van der Waals surface area contributed by atoms with Gasteiger partial charge in [0.05, 0.1) is 8.16 Å². The number of hydrogen-bond donors (Lipinski definition) is 2. The molecule has 2 heterocycles. The van der Waals surface area contributed by atoms with Crippen molar-refractivity contribution < 1.29 is 10.2 Å². The lowest BCUT2D eigenvalue weighted by Gasteiger charge is -2.39. The molecule has 25 heavy (non-hydrogen) atoms. The highest BCUT2D eigenvalue weighted by atomic mass is 32.2. The van der Waals surface area contributed by atoms with Crippen LogP contribution in [0.1, 0.15) is 70.6 Å².